The number of halogens is 1. The molecule has 0 radical (unpaired) electrons. The average Bonchev–Trinajstić information content (AvgIpc) is 2.44. The van der Waals surface area contributed by atoms with Crippen LogP contribution in [-0.2, 0) is 9.53 Å². The number of hydrogen-bond acceptors (Lipinski definition) is 3. The molecule has 1 rings (SSSR count). The van der Waals surface area contributed by atoms with E-state index in [1.165, 1.54) is 7.11 Å². The number of ether oxygens (including phenoxy) is 1. The summed E-state index contributed by atoms with van der Waals surface area (Å²) in [5.74, 6) is -0.195. The molecule has 0 saturated heterocycles. The van der Waals surface area contributed by atoms with Crippen molar-refractivity contribution in [1.29, 1.82) is 0 Å². The summed E-state index contributed by atoms with van der Waals surface area (Å²) in [5.41, 5.74) is 0.278. The van der Waals surface area contributed by atoms with Gasteiger partial charge in [-0.3, -0.25) is 0 Å². The predicted molar refractivity (Wildman–Crippen MR) is 82.3 cm³/mol. The third kappa shape index (κ3) is 3.96. The molecule has 0 fully saturated rings. The van der Waals surface area contributed by atoms with Crippen molar-refractivity contribution in [3.63, 3.8) is 0 Å². The van der Waals surface area contributed by atoms with E-state index in [9.17, 15) is 4.79 Å². The van der Waals surface area contributed by atoms with Crippen LogP contribution < -0.4 is 5.32 Å². The molecule has 1 unspecified atom stereocenters. The summed E-state index contributed by atoms with van der Waals surface area (Å²) in [6.45, 7) is 4.13. The number of carbonyl (C=O) groups excluding carboxylic acids is 1. The number of carbonyl (C=O) groups is 1. The lowest BCUT2D eigenvalue weighted by Crippen LogP contribution is -2.46. The second-order valence-electron chi connectivity index (χ2n) is 4.64. The smallest absolute Gasteiger partial charge is 0.331 e. The maximum absolute atomic E-state index is 12.2. The van der Waals surface area contributed by atoms with Gasteiger partial charge >= 0.3 is 5.97 Å². The van der Waals surface area contributed by atoms with Gasteiger partial charge in [-0.05, 0) is 40.9 Å². The SMILES string of the molecule is CCCCC(CC)(Nc1ccccc1Br)C(=O)OC. The van der Waals surface area contributed by atoms with Crippen LogP contribution in [0.4, 0.5) is 5.69 Å². The average molecular weight is 328 g/mol. The summed E-state index contributed by atoms with van der Waals surface area (Å²) in [7, 11) is 1.44. The Morgan fingerprint density at radius 2 is 2.05 bits per heavy atom. The van der Waals surface area contributed by atoms with Gasteiger partial charge in [-0.2, -0.15) is 0 Å². The second kappa shape index (κ2) is 7.53. The zero-order chi connectivity index (χ0) is 14.3. The highest BCUT2D eigenvalue weighted by Crippen LogP contribution is 2.30. The third-order valence-electron chi connectivity index (χ3n) is 3.38. The van der Waals surface area contributed by atoms with Gasteiger partial charge in [0.15, 0.2) is 0 Å². The molecule has 0 saturated carbocycles. The van der Waals surface area contributed by atoms with Crippen molar-refractivity contribution in [1.82, 2.24) is 0 Å². The molecule has 0 aromatic heterocycles. The Morgan fingerprint density at radius 3 is 2.58 bits per heavy atom. The van der Waals surface area contributed by atoms with E-state index in [1.807, 2.05) is 31.2 Å². The first kappa shape index (κ1) is 16.0. The third-order valence-corrected chi connectivity index (χ3v) is 4.08. The summed E-state index contributed by atoms with van der Waals surface area (Å²) in [6, 6.07) is 7.82. The minimum absolute atomic E-state index is 0.195. The van der Waals surface area contributed by atoms with Crippen molar-refractivity contribution >= 4 is 27.6 Å². The molecule has 1 aromatic carbocycles. The first-order chi connectivity index (χ1) is 9.09. The normalized spacial score (nSPS) is 13.7. The van der Waals surface area contributed by atoms with Gasteiger partial charge in [-0.15, -0.1) is 0 Å². The quantitative estimate of drug-likeness (QED) is 0.755. The van der Waals surface area contributed by atoms with Crippen molar-refractivity contribution in [3.8, 4) is 0 Å². The van der Waals surface area contributed by atoms with E-state index < -0.39 is 5.54 Å². The summed E-state index contributed by atoms with van der Waals surface area (Å²) in [5, 5.41) is 3.37. The maximum Gasteiger partial charge on any atom is 0.331 e. The first-order valence-corrected chi connectivity index (χ1v) is 7.50. The van der Waals surface area contributed by atoms with Crippen LogP contribution in [0, 0.1) is 0 Å². The fourth-order valence-corrected chi connectivity index (χ4v) is 2.50. The van der Waals surface area contributed by atoms with Crippen molar-refractivity contribution < 1.29 is 9.53 Å². The van der Waals surface area contributed by atoms with E-state index in [4.69, 9.17) is 4.74 Å². The number of hydrogen-bond donors (Lipinski definition) is 1. The molecule has 0 aliphatic rings. The van der Waals surface area contributed by atoms with E-state index in [2.05, 4.69) is 28.2 Å². The van der Waals surface area contributed by atoms with Crippen LogP contribution in [0.2, 0.25) is 0 Å². The Morgan fingerprint density at radius 1 is 1.37 bits per heavy atom. The number of para-hydroxylation sites is 1. The Bertz CT molecular complexity index is 422. The molecule has 0 spiro atoms. The van der Waals surface area contributed by atoms with E-state index >= 15 is 0 Å². The molecule has 1 N–H and O–H groups in total. The number of anilines is 1. The van der Waals surface area contributed by atoms with E-state index in [1.54, 1.807) is 0 Å². The van der Waals surface area contributed by atoms with Gasteiger partial charge in [-0.25, -0.2) is 4.79 Å². The Balaban J connectivity index is 3.02. The molecular formula is C15H22BrNO2. The predicted octanol–water partition coefficient (Wildman–Crippen LogP) is 4.37. The molecule has 1 aromatic rings. The van der Waals surface area contributed by atoms with Crippen molar-refractivity contribution in [3.05, 3.63) is 28.7 Å². The number of nitrogens with one attached hydrogen (secondary N) is 1. The minimum Gasteiger partial charge on any atom is -0.467 e. The lowest BCUT2D eigenvalue weighted by molar-refractivity contribution is -0.146. The fraction of sp³-hybridized carbons (Fsp3) is 0.533. The van der Waals surface area contributed by atoms with Gasteiger partial charge in [-0.1, -0.05) is 38.8 Å². The van der Waals surface area contributed by atoms with Crippen LogP contribution in [0.5, 0.6) is 0 Å². The molecule has 0 amide bonds. The monoisotopic (exact) mass is 327 g/mol. The number of methoxy groups -OCH3 is 1. The molecule has 1 atom stereocenters. The van der Waals surface area contributed by atoms with Crippen LogP contribution in [0.15, 0.2) is 28.7 Å². The van der Waals surface area contributed by atoms with Crippen molar-refractivity contribution in [2.24, 2.45) is 0 Å². The van der Waals surface area contributed by atoms with Gasteiger partial charge in [0.2, 0.25) is 0 Å². The van der Waals surface area contributed by atoms with Crippen LogP contribution in [0.1, 0.15) is 39.5 Å². The highest BCUT2D eigenvalue weighted by molar-refractivity contribution is 9.10. The van der Waals surface area contributed by atoms with E-state index in [0.29, 0.717) is 6.42 Å². The maximum atomic E-state index is 12.2. The summed E-state index contributed by atoms with van der Waals surface area (Å²) in [4.78, 5) is 12.2. The van der Waals surface area contributed by atoms with Crippen LogP contribution in [0.3, 0.4) is 0 Å². The van der Waals surface area contributed by atoms with Crippen molar-refractivity contribution in [2.75, 3.05) is 12.4 Å². The molecule has 4 heteroatoms. The minimum atomic E-state index is -0.644. The topological polar surface area (TPSA) is 38.3 Å². The lowest BCUT2D eigenvalue weighted by atomic mass is 9.89. The van der Waals surface area contributed by atoms with Crippen LogP contribution in [0.25, 0.3) is 0 Å². The number of unbranched alkanes of at least 4 members (excludes halogenated alkanes) is 1. The second-order valence-corrected chi connectivity index (χ2v) is 5.49. The Labute approximate surface area is 123 Å². The zero-order valence-corrected chi connectivity index (χ0v) is 13.4. The molecule has 3 nitrogen and oxygen atoms in total. The summed E-state index contributed by atoms with van der Waals surface area (Å²) >= 11 is 3.50. The highest BCUT2D eigenvalue weighted by atomic mass is 79.9. The van der Waals surface area contributed by atoms with Crippen LogP contribution >= 0.6 is 15.9 Å². The molecule has 0 heterocycles. The van der Waals surface area contributed by atoms with Gasteiger partial charge < -0.3 is 10.1 Å². The number of esters is 1. The first-order valence-electron chi connectivity index (χ1n) is 6.70. The molecule has 0 aliphatic heterocycles. The number of benzene rings is 1. The molecule has 0 bridgehead atoms. The van der Waals surface area contributed by atoms with Gasteiger partial charge in [0.25, 0.3) is 0 Å². The van der Waals surface area contributed by atoms with Gasteiger partial charge in [0.1, 0.15) is 5.54 Å². The van der Waals surface area contributed by atoms with Crippen molar-refractivity contribution in [2.45, 2.75) is 45.1 Å². The van der Waals surface area contributed by atoms with Gasteiger partial charge in [0.05, 0.1) is 7.11 Å². The lowest BCUT2D eigenvalue weighted by Gasteiger charge is -2.32. The van der Waals surface area contributed by atoms with E-state index in [0.717, 1.165) is 29.4 Å². The van der Waals surface area contributed by atoms with E-state index in [-0.39, 0.29) is 5.97 Å². The Hall–Kier alpha value is -1.03. The van der Waals surface area contributed by atoms with Gasteiger partial charge in [0, 0.05) is 10.2 Å². The largest absolute Gasteiger partial charge is 0.467 e. The molecule has 19 heavy (non-hydrogen) atoms. The zero-order valence-electron chi connectivity index (χ0n) is 11.8. The molecule has 0 aliphatic carbocycles. The molecule has 106 valence electrons. The number of rotatable bonds is 7. The Kier molecular flexibility index (Phi) is 6.35. The summed E-state index contributed by atoms with van der Waals surface area (Å²) < 4.78 is 5.95. The summed E-state index contributed by atoms with van der Waals surface area (Å²) in [6.07, 6.45) is 3.51. The standard InChI is InChI=1S/C15H22BrNO2/c1-4-6-11-15(5-2,14(18)19-3)17-13-10-8-7-9-12(13)16/h7-10,17H,4-6,11H2,1-3H3. The highest BCUT2D eigenvalue weighted by Gasteiger charge is 2.37. The fourth-order valence-electron chi connectivity index (χ4n) is 2.12. The molecular weight excluding hydrogens is 306 g/mol. The van der Waals surface area contributed by atoms with Crippen LogP contribution in [-0.4, -0.2) is 18.6 Å².